The van der Waals surface area contributed by atoms with Crippen LogP contribution in [0.3, 0.4) is 0 Å². The minimum absolute atomic E-state index is 0.186. The number of phenols is 2. The Morgan fingerprint density at radius 2 is 0.797 bits per heavy atom. The molecular weight excluding hydrogens is 729 g/mol. The molecule has 0 aromatic heterocycles. The standard InChI is InChI=1S/C54H66O5/c1-14-20-58-48-38-22-36-27-42(51(2,3)4)25-34(46(36)55)21-35-26-43(52(5,6)7)28-37(47(35)56)23-40-31-45(54(11,12)13)32-41(24-39(48)30-44(29-38)53(8,9)10)49(40)59-50(57)33-18-16-15-17-19-33/h15-19,25-32,55-56H,14,20-24H2,1-13H3. The van der Waals surface area contributed by atoms with Crippen molar-refractivity contribution in [2.75, 3.05) is 6.61 Å². The van der Waals surface area contributed by atoms with Gasteiger partial charge in [-0.15, -0.1) is 0 Å². The van der Waals surface area contributed by atoms with E-state index in [-0.39, 0.29) is 33.2 Å². The van der Waals surface area contributed by atoms with Crippen LogP contribution in [-0.2, 0) is 47.3 Å². The van der Waals surface area contributed by atoms with Gasteiger partial charge in [-0.25, -0.2) is 4.79 Å². The van der Waals surface area contributed by atoms with Gasteiger partial charge in [0.05, 0.1) is 12.2 Å². The molecule has 0 saturated carbocycles. The number of carbonyl (C=O) groups is 1. The third kappa shape index (κ3) is 9.72. The van der Waals surface area contributed by atoms with Crippen LogP contribution in [0.2, 0.25) is 0 Å². The fourth-order valence-corrected chi connectivity index (χ4v) is 7.89. The Kier molecular flexibility index (Phi) is 12.0. The lowest BCUT2D eigenvalue weighted by Gasteiger charge is -2.28. The molecule has 0 fully saturated rings. The molecule has 59 heavy (non-hydrogen) atoms. The fourth-order valence-electron chi connectivity index (χ4n) is 7.89. The van der Waals surface area contributed by atoms with Gasteiger partial charge in [-0.3, -0.25) is 0 Å². The summed E-state index contributed by atoms with van der Waals surface area (Å²) in [4.78, 5) is 14.1. The van der Waals surface area contributed by atoms with Gasteiger partial charge in [-0.1, -0.05) is 157 Å². The van der Waals surface area contributed by atoms with Crippen LogP contribution < -0.4 is 9.47 Å². The van der Waals surface area contributed by atoms with Crippen LogP contribution in [0.4, 0.5) is 0 Å². The first kappa shape index (κ1) is 43.5. The van der Waals surface area contributed by atoms with Crippen LogP contribution in [-0.4, -0.2) is 22.8 Å². The molecule has 5 aromatic rings. The molecule has 6 rings (SSSR count). The van der Waals surface area contributed by atoms with Crippen molar-refractivity contribution >= 4 is 5.97 Å². The maximum Gasteiger partial charge on any atom is 0.343 e. The topological polar surface area (TPSA) is 76.0 Å². The number of ether oxygens (including phenoxy) is 2. The summed E-state index contributed by atoms with van der Waals surface area (Å²) in [6.07, 6.45) is 2.37. The summed E-state index contributed by atoms with van der Waals surface area (Å²) < 4.78 is 13.3. The van der Waals surface area contributed by atoms with E-state index in [1.807, 2.05) is 18.2 Å². The predicted molar refractivity (Wildman–Crippen MR) is 242 cm³/mol. The van der Waals surface area contributed by atoms with Crippen molar-refractivity contribution in [1.29, 1.82) is 0 Å². The third-order valence-corrected chi connectivity index (χ3v) is 11.7. The van der Waals surface area contributed by atoms with Crippen LogP contribution in [0.25, 0.3) is 0 Å². The third-order valence-electron chi connectivity index (χ3n) is 11.7. The molecule has 5 nitrogen and oxygen atoms in total. The molecule has 0 aliphatic heterocycles. The van der Waals surface area contributed by atoms with Crippen molar-refractivity contribution in [3.8, 4) is 23.0 Å². The van der Waals surface area contributed by atoms with Crippen molar-refractivity contribution in [2.45, 2.75) is 144 Å². The van der Waals surface area contributed by atoms with Crippen LogP contribution in [0.5, 0.6) is 23.0 Å². The molecule has 0 spiro atoms. The Balaban J connectivity index is 1.75. The van der Waals surface area contributed by atoms with Gasteiger partial charge in [0, 0.05) is 36.8 Å². The van der Waals surface area contributed by atoms with E-state index in [1.54, 1.807) is 12.1 Å². The molecule has 1 aliphatic carbocycles. The van der Waals surface area contributed by atoms with Crippen molar-refractivity contribution in [1.82, 2.24) is 0 Å². The number of benzene rings is 5. The van der Waals surface area contributed by atoms with Crippen LogP contribution in [0, 0.1) is 0 Å². The zero-order valence-electron chi connectivity index (χ0n) is 37.9. The fraction of sp³-hybridized carbons (Fsp3) is 0.426. The minimum atomic E-state index is -0.436. The van der Waals surface area contributed by atoms with Gasteiger partial charge in [-0.2, -0.15) is 0 Å². The van der Waals surface area contributed by atoms with Crippen LogP contribution >= 0.6 is 0 Å². The average molecular weight is 795 g/mol. The zero-order valence-corrected chi connectivity index (χ0v) is 37.9. The number of carbonyl (C=O) groups excluding carboxylic acids is 1. The Labute approximate surface area is 353 Å². The second kappa shape index (κ2) is 16.2. The van der Waals surface area contributed by atoms with Crippen LogP contribution in [0.1, 0.15) is 174 Å². The lowest BCUT2D eigenvalue weighted by molar-refractivity contribution is 0.0731. The van der Waals surface area contributed by atoms with E-state index in [4.69, 9.17) is 9.47 Å². The molecule has 0 unspecified atom stereocenters. The van der Waals surface area contributed by atoms with Gasteiger partial charge >= 0.3 is 5.97 Å². The number of fused-ring (bicyclic) bond motifs is 8. The van der Waals surface area contributed by atoms with Gasteiger partial charge in [0.2, 0.25) is 0 Å². The van der Waals surface area contributed by atoms with Crippen molar-refractivity contribution in [3.63, 3.8) is 0 Å². The molecule has 2 N–H and O–H groups in total. The highest BCUT2D eigenvalue weighted by molar-refractivity contribution is 5.91. The molecule has 5 aromatic carbocycles. The molecule has 0 saturated heterocycles. The monoisotopic (exact) mass is 794 g/mol. The van der Waals surface area contributed by atoms with E-state index in [2.05, 4.69) is 139 Å². The Morgan fingerprint density at radius 1 is 0.492 bits per heavy atom. The van der Waals surface area contributed by atoms with E-state index in [1.165, 1.54) is 0 Å². The average Bonchev–Trinajstić information content (AvgIpc) is 3.13. The summed E-state index contributed by atoms with van der Waals surface area (Å²) in [5.41, 5.74) is 10.8. The van der Waals surface area contributed by atoms with E-state index in [0.29, 0.717) is 43.6 Å². The summed E-state index contributed by atoms with van der Waals surface area (Å²) in [6.45, 7) is 29.1. The van der Waals surface area contributed by atoms with Crippen molar-refractivity contribution in [3.05, 3.63) is 151 Å². The Bertz CT molecular complexity index is 2350. The summed E-state index contributed by atoms with van der Waals surface area (Å²) in [5.74, 6) is 1.30. The van der Waals surface area contributed by atoms with Crippen molar-refractivity contribution < 1.29 is 24.5 Å². The Hall–Kier alpha value is -5.03. The number of aromatic hydroxyl groups is 2. The van der Waals surface area contributed by atoms with Gasteiger partial charge in [0.25, 0.3) is 0 Å². The SMILES string of the molecule is CCCOc1c2cc(C(C)(C)C)cc1Cc1cc(C(C)(C)C)cc(c1OC(=O)c1ccccc1)Cc1cc(C(C)(C)C)cc(c1O)Cc1cc(C(C)(C)C)cc(c1O)C2. The number of rotatable bonds is 5. The minimum Gasteiger partial charge on any atom is -0.507 e. The number of hydrogen-bond donors (Lipinski definition) is 2. The first-order chi connectivity index (χ1) is 27.4. The smallest absolute Gasteiger partial charge is 0.343 e. The van der Waals surface area contributed by atoms with E-state index < -0.39 is 5.97 Å². The number of hydrogen-bond acceptors (Lipinski definition) is 5. The molecule has 0 atom stereocenters. The molecule has 0 amide bonds. The lowest BCUT2D eigenvalue weighted by Crippen LogP contribution is -2.18. The highest BCUT2D eigenvalue weighted by Gasteiger charge is 2.29. The first-order valence-corrected chi connectivity index (χ1v) is 21.4. The highest BCUT2D eigenvalue weighted by Crippen LogP contribution is 2.44. The zero-order chi connectivity index (χ0) is 43.2. The number of phenolic OH excluding ortho intramolecular Hbond substituents is 2. The van der Waals surface area contributed by atoms with Crippen molar-refractivity contribution in [2.24, 2.45) is 0 Å². The van der Waals surface area contributed by atoms with E-state index >= 15 is 0 Å². The molecule has 0 heterocycles. The number of esters is 1. The van der Waals surface area contributed by atoms with Gasteiger partial charge in [0.15, 0.2) is 0 Å². The second-order valence-electron chi connectivity index (χ2n) is 20.8. The molecule has 0 radical (unpaired) electrons. The van der Waals surface area contributed by atoms with Gasteiger partial charge in [0.1, 0.15) is 23.0 Å². The predicted octanol–water partition coefficient (Wildman–Crippen LogP) is 13.0. The maximum atomic E-state index is 14.1. The molecule has 8 bridgehead atoms. The van der Waals surface area contributed by atoms with Gasteiger partial charge in [-0.05, 0) is 95.8 Å². The highest BCUT2D eigenvalue weighted by atomic mass is 16.5. The first-order valence-electron chi connectivity index (χ1n) is 21.4. The summed E-state index contributed by atoms with van der Waals surface area (Å²) in [7, 11) is 0. The quantitative estimate of drug-likeness (QED) is 0.134. The van der Waals surface area contributed by atoms with Crippen LogP contribution in [0.15, 0.2) is 78.9 Å². The van der Waals surface area contributed by atoms with E-state index in [9.17, 15) is 15.0 Å². The maximum absolute atomic E-state index is 14.1. The van der Waals surface area contributed by atoms with E-state index in [0.717, 1.165) is 78.9 Å². The molecule has 5 heteroatoms. The Morgan fingerprint density at radius 3 is 1.14 bits per heavy atom. The molecule has 1 aliphatic rings. The normalized spacial score (nSPS) is 13.6. The summed E-state index contributed by atoms with van der Waals surface area (Å²) >= 11 is 0. The van der Waals surface area contributed by atoms with Gasteiger partial charge < -0.3 is 19.7 Å². The summed E-state index contributed by atoms with van der Waals surface area (Å²) in [5, 5.41) is 24.6. The second-order valence-corrected chi connectivity index (χ2v) is 20.8. The molecule has 312 valence electrons. The largest absolute Gasteiger partial charge is 0.507 e. The lowest BCUT2D eigenvalue weighted by atomic mass is 9.79. The molecular formula is C54H66O5. The summed E-state index contributed by atoms with van der Waals surface area (Å²) in [6, 6.07) is 26.4.